The van der Waals surface area contributed by atoms with E-state index in [1.165, 1.54) is 0 Å². The number of hydrogen-bond acceptors (Lipinski definition) is 6. The summed E-state index contributed by atoms with van der Waals surface area (Å²) in [6, 6.07) is 8.12. The number of amides is 1. The van der Waals surface area contributed by atoms with Crippen molar-refractivity contribution in [1.82, 2.24) is 20.3 Å². The molecule has 0 spiro atoms. The second kappa shape index (κ2) is 5.31. The fraction of sp³-hybridized carbons (Fsp3) is 0.368. The predicted molar refractivity (Wildman–Crippen MR) is 101 cm³/mol. The van der Waals surface area contributed by atoms with E-state index in [1.807, 2.05) is 36.9 Å². The van der Waals surface area contributed by atoms with Gasteiger partial charge in [-0.1, -0.05) is 12.1 Å². The molecule has 6 nitrogen and oxygen atoms in total. The lowest BCUT2D eigenvalue weighted by Crippen LogP contribution is -2.52. The van der Waals surface area contributed by atoms with Crippen molar-refractivity contribution < 1.29 is 4.79 Å². The van der Waals surface area contributed by atoms with Gasteiger partial charge in [0.25, 0.3) is 0 Å². The zero-order valence-corrected chi connectivity index (χ0v) is 15.5. The molecule has 2 aliphatic rings. The van der Waals surface area contributed by atoms with Crippen LogP contribution in [-0.4, -0.2) is 33.9 Å². The minimum Gasteiger partial charge on any atom is -0.314 e. The lowest BCUT2D eigenvalue weighted by Gasteiger charge is -2.36. The van der Waals surface area contributed by atoms with Crippen molar-refractivity contribution >= 4 is 33.3 Å². The number of nitrogens with zero attached hydrogens (tertiary/aromatic N) is 4. The van der Waals surface area contributed by atoms with Crippen molar-refractivity contribution in [3.63, 3.8) is 0 Å². The SMILES string of the molecule is CC1(C)C(=O)N([C@@]2(c3nc4ccccc4s3)CCNC2)c2nccnc21. The average Bonchev–Trinajstić information content (AvgIpc) is 3.33. The van der Waals surface area contributed by atoms with Crippen LogP contribution >= 0.6 is 11.3 Å². The Labute approximate surface area is 155 Å². The summed E-state index contributed by atoms with van der Waals surface area (Å²) in [7, 11) is 0. The highest BCUT2D eigenvalue weighted by Gasteiger charge is 2.56. The Kier molecular flexibility index (Phi) is 3.24. The molecule has 0 radical (unpaired) electrons. The van der Waals surface area contributed by atoms with Crippen LogP contribution in [0.1, 0.15) is 31.0 Å². The van der Waals surface area contributed by atoms with Crippen molar-refractivity contribution in [2.45, 2.75) is 31.2 Å². The molecule has 7 heteroatoms. The molecule has 1 N–H and O–H groups in total. The van der Waals surface area contributed by atoms with Crippen molar-refractivity contribution in [2.75, 3.05) is 18.0 Å². The second-order valence-corrected chi connectivity index (χ2v) is 8.47. The number of aromatic nitrogens is 3. The smallest absolute Gasteiger partial charge is 0.240 e. The number of carbonyl (C=O) groups excluding carboxylic acids is 1. The van der Waals surface area contributed by atoms with Gasteiger partial charge in [0, 0.05) is 18.9 Å². The molecule has 3 aromatic rings. The van der Waals surface area contributed by atoms with Gasteiger partial charge in [-0.15, -0.1) is 11.3 Å². The quantitative estimate of drug-likeness (QED) is 0.756. The molecule has 0 saturated carbocycles. The van der Waals surface area contributed by atoms with Gasteiger partial charge >= 0.3 is 0 Å². The largest absolute Gasteiger partial charge is 0.314 e. The van der Waals surface area contributed by atoms with Gasteiger partial charge in [0.1, 0.15) is 10.5 Å². The van der Waals surface area contributed by atoms with Gasteiger partial charge in [0.15, 0.2) is 5.82 Å². The van der Waals surface area contributed by atoms with Gasteiger partial charge in [0.2, 0.25) is 5.91 Å². The Morgan fingerprint density at radius 3 is 2.77 bits per heavy atom. The third kappa shape index (κ3) is 1.95. The van der Waals surface area contributed by atoms with Gasteiger partial charge in [0.05, 0.1) is 21.3 Å². The number of benzene rings is 1. The Balaban J connectivity index is 1.74. The first-order chi connectivity index (χ1) is 12.5. The highest BCUT2D eigenvalue weighted by atomic mass is 32.1. The third-order valence-corrected chi connectivity index (χ3v) is 6.70. The van der Waals surface area contributed by atoms with Crippen LogP contribution in [0.2, 0.25) is 0 Å². The van der Waals surface area contributed by atoms with Crippen LogP contribution in [0.25, 0.3) is 10.2 Å². The third-order valence-electron chi connectivity index (χ3n) is 5.47. The number of carbonyl (C=O) groups is 1. The number of thiazole rings is 1. The molecular weight excluding hydrogens is 346 g/mol. The standard InChI is InChI=1S/C19H19N5OS/c1-18(2)14-15(22-10-9-21-14)24(17(18)25)19(7-8-20-11-19)16-23-12-5-3-4-6-13(12)26-16/h3-6,9-10,20H,7-8,11H2,1-2H3/t19-/m0/s1. The molecule has 4 heterocycles. The molecule has 1 amide bonds. The van der Waals surface area contributed by atoms with Crippen LogP contribution in [-0.2, 0) is 15.7 Å². The molecule has 5 rings (SSSR count). The first kappa shape index (κ1) is 15.8. The molecule has 2 aliphatic heterocycles. The Morgan fingerprint density at radius 1 is 1.19 bits per heavy atom. The topological polar surface area (TPSA) is 71.0 Å². The zero-order valence-electron chi connectivity index (χ0n) is 14.7. The molecule has 1 aromatic carbocycles. The molecular formula is C19H19N5OS. The molecule has 1 atom stereocenters. The Hall–Kier alpha value is -2.38. The van der Waals surface area contributed by atoms with E-state index >= 15 is 0 Å². The maximum absolute atomic E-state index is 13.5. The van der Waals surface area contributed by atoms with E-state index in [4.69, 9.17) is 4.98 Å². The van der Waals surface area contributed by atoms with E-state index in [0.717, 1.165) is 33.9 Å². The number of para-hydroxylation sites is 1. The van der Waals surface area contributed by atoms with Crippen LogP contribution in [0, 0.1) is 0 Å². The number of anilines is 1. The number of hydrogen-bond donors (Lipinski definition) is 1. The van der Waals surface area contributed by atoms with E-state index in [2.05, 4.69) is 21.4 Å². The van der Waals surface area contributed by atoms with E-state index < -0.39 is 11.0 Å². The average molecular weight is 365 g/mol. The number of nitrogens with one attached hydrogen (secondary N) is 1. The van der Waals surface area contributed by atoms with Crippen LogP contribution in [0.5, 0.6) is 0 Å². The van der Waals surface area contributed by atoms with Crippen molar-refractivity contribution in [3.8, 4) is 0 Å². The molecule has 0 aliphatic carbocycles. The summed E-state index contributed by atoms with van der Waals surface area (Å²) in [5.41, 5.74) is 0.524. The fourth-order valence-corrected chi connectivity index (χ4v) is 5.20. The molecule has 1 fully saturated rings. The Bertz CT molecular complexity index is 988. The van der Waals surface area contributed by atoms with Gasteiger partial charge < -0.3 is 5.32 Å². The molecule has 1 saturated heterocycles. The van der Waals surface area contributed by atoms with Crippen LogP contribution in [0.3, 0.4) is 0 Å². The van der Waals surface area contributed by atoms with E-state index in [9.17, 15) is 4.79 Å². The van der Waals surface area contributed by atoms with E-state index in [-0.39, 0.29) is 5.91 Å². The molecule has 2 aromatic heterocycles. The summed E-state index contributed by atoms with van der Waals surface area (Å²) in [6.45, 7) is 5.37. The lowest BCUT2D eigenvalue weighted by molar-refractivity contribution is -0.123. The predicted octanol–water partition coefficient (Wildman–Crippen LogP) is 2.60. The summed E-state index contributed by atoms with van der Waals surface area (Å²) in [4.78, 5) is 29.3. The van der Waals surface area contributed by atoms with Gasteiger partial charge in [-0.2, -0.15) is 0 Å². The maximum atomic E-state index is 13.5. The van der Waals surface area contributed by atoms with Crippen molar-refractivity contribution in [1.29, 1.82) is 0 Å². The van der Waals surface area contributed by atoms with Gasteiger partial charge in [-0.3, -0.25) is 14.7 Å². The number of fused-ring (bicyclic) bond motifs is 2. The summed E-state index contributed by atoms with van der Waals surface area (Å²) in [5, 5.41) is 4.40. The van der Waals surface area contributed by atoms with Crippen LogP contribution in [0.15, 0.2) is 36.7 Å². The lowest BCUT2D eigenvalue weighted by atomic mass is 9.90. The normalized spacial score (nSPS) is 24.4. The van der Waals surface area contributed by atoms with Gasteiger partial charge in [-0.05, 0) is 38.9 Å². The summed E-state index contributed by atoms with van der Waals surface area (Å²) in [6.07, 6.45) is 4.13. The molecule has 132 valence electrons. The van der Waals surface area contributed by atoms with Crippen molar-refractivity contribution in [2.24, 2.45) is 0 Å². The minimum absolute atomic E-state index is 0.0432. The van der Waals surface area contributed by atoms with E-state index in [1.54, 1.807) is 23.7 Å². The fourth-order valence-electron chi connectivity index (χ4n) is 4.03. The second-order valence-electron chi connectivity index (χ2n) is 7.44. The Morgan fingerprint density at radius 2 is 2.00 bits per heavy atom. The highest BCUT2D eigenvalue weighted by molar-refractivity contribution is 7.18. The number of rotatable bonds is 2. The molecule has 0 bridgehead atoms. The summed E-state index contributed by atoms with van der Waals surface area (Å²) in [5.74, 6) is 0.715. The minimum atomic E-state index is -0.685. The van der Waals surface area contributed by atoms with Gasteiger partial charge in [-0.25, -0.2) is 9.97 Å². The van der Waals surface area contributed by atoms with Crippen molar-refractivity contribution in [3.05, 3.63) is 47.4 Å². The van der Waals surface area contributed by atoms with Crippen LogP contribution in [0.4, 0.5) is 5.82 Å². The summed E-state index contributed by atoms with van der Waals surface area (Å²) >= 11 is 1.66. The molecule has 0 unspecified atom stereocenters. The highest BCUT2D eigenvalue weighted by Crippen LogP contribution is 2.48. The maximum Gasteiger partial charge on any atom is 0.240 e. The first-order valence-corrected chi connectivity index (χ1v) is 9.59. The van der Waals surface area contributed by atoms with Crippen LogP contribution < -0.4 is 10.2 Å². The zero-order chi connectivity index (χ0) is 17.9. The monoisotopic (exact) mass is 365 g/mol. The summed E-state index contributed by atoms with van der Waals surface area (Å²) < 4.78 is 1.14. The molecule has 26 heavy (non-hydrogen) atoms. The van der Waals surface area contributed by atoms with E-state index in [0.29, 0.717) is 12.4 Å². The first-order valence-electron chi connectivity index (χ1n) is 8.77.